The molecule has 122 valence electrons. The Morgan fingerprint density at radius 1 is 1.12 bits per heavy atom. The van der Waals surface area contributed by atoms with Gasteiger partial charge in [-0.1, -0.05) is 35.0 Å². The third kappa shape index (κ3) is 3.15. The molecule has 2 aromatic carbocycles. The highest BCUT2D eigenvalue weighted by Gasteiger charge is 2.21. The summed E-state index contributed by atoms with van der Waals surface area (Å²) in [5.74, 6) is -2.64. The van der Waals surface area contributed by atoms with Gasteiger partial charge < -0.3 is 5.11 Å². The number of benzene rings is 2. The van der Waals surface area contributed by atoms with Crippen LogP contribution >= 0.6 is 0 Å². The number of hydrogen-bond donors (Lipinski definition) is 1. The van der Waals surface area contributed by atoms with E-state index in [0.29, 0.717) is 11.1 Å². The first kappa shape index (κ1) is 15.8. The summed E-state index contributed by atoms with van der Waals surface area (Å²) in [6.07, 6.45) is 0. The number of nitrogens with zero attached hydrogens (tertiary/aromatic N) is 3. The number of hydrogen-bond acceptors (Lipinski definition) is 3. The van der Waals surface area contributed by atoms with Crippen molar-refractivity contribution < 1.29 is 18.7 Å². The predicted octanol–water partition coefficient (Wildman–Crippen LogP) is 3.28. The summed E-state index contributed by atoms with van der Waals surface area (Å²) in [4.78, 5) is 11.4. The fraction of sp³-hybridized carbons (Fsp3) is 0.118. The maximum Gasteiger partial charge on any atom is 0.358 e. The molecule has 1 heterocycles. The van der Waals surface area contributed by atoms with Gasteiger partial charge in [0.25, 0.3) is 0 Å². The van der Waals surface area contributed by atoms with E-state index in [2.05, 4.69) is 10.3 Å². The van der Waals surface area contributed by atoms with Crippen molar-refractivity contribution in [3.05, 3.63) is 70.9 Å². The van der Waals surface area contributed by atoms with Crippen LogP contribution in [0, 0.1) is 18.6 Å². The van der Waals surface area contributed by atoms with Crippen LogP contribution in [0.15, 0.2) is 42.5 Å². The highest BCUT2D eigenvalue weighted by atomic mass is 19.1. The maximum absolute atomic E-state index is 13.4. The predicted molar refractivity (Wildman–Crippen MR) is 82.6 cm³/mol. The first-order chi connectivity index (χ1) is 11.4. The van der Waals surface area contributed by atoms with Crippen LogP contribution in [0.25, 0.3) is 11.3 Å². The fourth-order valence-electron chi connectivity index (χ4n) is 2.44. The Labute approximate surface area is 136 Å². The highest BCUT2D eigenvalue weighted by Crippen LogP contribution is 2.24. The molecule has 1 aromatic heterocycles. The zero-order valence-corrected chi connectivity index (χ0v) is 12.7. The number of carbonyl (C=O) groups is 1. The van der Waals surface area contributed by atoms with Crippen molar-refractivity contribution in [2.24, 2.45) is 0 Å². The zero-order valence-electron chi connectivity index (χ0n) is 12.7. The van der Waals surface area contributed by atoms with Crippen molar-refractivity contribution in [3.63, 3.8) is 0 Å². The van der Waals surface area contributed by atoms with Gasteiger partial charge in [-0.05, 0) is 24.6 Å². The molecule has 3 aromatic rings. The summed E-state index contributed by atoms with van der Waals surface area (Å²) >= 11 is 0. The van der Waals surface area contributed by atoms with Gasteiger partial charge in [-0.3, -0.25) is 0 Å². The van der Waals surface area contributed by atoms with Gasteiger partial charge in [0.05, 0.1) is 6.54 Å². The second-order valence-corrected chi connectivity index (χ2v) is 5.39. The van der Waals surface area contributed by atoms with Gasteiger partial charge in [-0.15, -0.1) is 5.10 Å². The number of carboxylic acid groups (broad SMARTS) is 1. The monoisotopic (exact) mass is 329 g/mol. The third-order valence-corrected chi connectivity index (χ3v) is 3.52. The molecule has 0 spiro atoms. The van der Waals surface area contributed by atoms with Crippen LogP contribution in [0.1, 0.15) is 21.6 Å². The minimum Gasteiger partial charge on any atom is -0.476 e. The van der Waals surface area contributed by atoms with Crippen LogP contribution in [0.4, 0.5) is 8.78 Å². The molecule has 0 aliphatic carbocycles. The fourth-order valence-corrected chi connectivity index (χ4v) is 2.44. The quantitative estimate of drug-likeness (QED) is 0.797. The lowest BCUT2D eigenvalue weighted by Crippen LogP contribution is -2.06. The standard InChI is InChI=1S/C17H13F2N3O2/c1-10-2-4-12(5-3-10)16-15(17(23)24)20-21-22(16)9-11-6-13(18)8-14(19)7-11/h2-8H,9H2,1H3,(H,23,24). The number of aromatic carboxylic acids is 1. The Kier molecular flexibility index (Phi) is 4.07. The van der Waals surface area contributed by atoms with Crippen molar-refractivity contribution in [3.8, 4) is 11.3 Å². The molecule has 7 heteroatoms. The maximum atomic E-state index is 13.4. The molecule has 0 saturated carbocycles. The van der Waals surface area contributed by atoms with Gasteiger partial charge in [0.2, 0.25) is 0 Å². The molecule has 0 aliphatic heterocycles. The second kappa shape index (κ2) is 6.19. The molecule has 0 amide bonds. The smallest absolute Gasteiger partial charge is 0.358 e. The molecule has 1 N–H and O–H groups in total. The van der Waals surface area contributed by atoms with E-state index in [1.54, 1.807) is 12.1 Å². The number of carboxylic acids is 1. The first-order valence-electron chi connectivity index (χ1n) is 7.13. The molecule has 0 bridgehead atoms. The second-order valence-electron chi connectivity index (χ2n) is 5.39. The molecule has 0 unspecified atom stereocenters. The summed E-state index contributed by atoms with van der Waals surface area (Å²) in [5.41, 5.74) is 2.02. The first-order valence-corrected chi connectivity index (χ1v) is 7.13. The van der Waals surface area contributed by atoms with E-state index in [1.807, 2.05) is 19.1 Å². The van der Waals surface area contributed by atoms with Crippen LogP contribution < -0.4 is 0 Å². The lowest BCUT2D eigenvalue weighted by atomic mass is 10.1. The number of aromatic nitrogens is 3. The minimum atomic E-state index is -1.22. The average Bonchev–Trinajstić information content (AvgIpc) is 2.91. The summed E-state index contributed by atoms with van der Waals surface area (Å²) in [5, 5.41) is 16.8. The average molecular weight is 329 g/mol. The minimum absolute atomic E-state index is 0.00182. The van der Waals surface area contributed by atoms with E-state index in [9.17, 15) is 18.7 Å². The molecule has 24 heavy (non-hydrogen) atoms. The van der Waals surface area contributed by atoms with Crippen molar-refractivity contribution in [1.29, 1.82) is 0 Å². The molecule has 3 rings (SSSR count). The van der Waals surface area contributed by atoms with E-state index in [-0.39, 0.29) is 17.9 Å². The number of aryl methyl sites for hydroxylation is 1. The normalized spacial score (nSPS) is 10.8. The molecular formula is C17H13F2N3O2. The van der Waals surface area contributed by atoms with Crippen LogP contribution in [0.5, 0.6) is 0 Å². The highest BCUT2D eigenvalue weighted by molar-refractivity contribution is 5.92. The summed E-state index contributed by atoms with van der Waals surface area (Å²) < 4.78 is 28.0. The Morgan fingerprint density at radius 3 is 2.33 bits per heavy atom. The molecule has 0 fully saturated rings. The van der Waals surface area contributed by atoms with Crippen molar-refractivity contribution in [2.75, 3.05) is 0 Å². The number of rotatable bonds is 4. The van der Waals surface area contributed by atoms with Crippen LogP contribution in [0.3, 0.4) is 0 Å². The molecule has 5 nitrogen and oxygen atoms in total. The topological polar surface area (TPSA) is 68.0 Å². The van der Waals surface area contributed by atoms with E-state index in [0.717, 1.165) is 11.6 Å². The Morgan fingerprint density at radius 2 is 1.75 bits per heavy atom. The summed E-state index contributed by atoms with van der Waals surface area (Å²) in [6, 6.07) is 10.3. The van der Waals surface area contributed by atoms with Crippen LogP contribution in [0.2, 0.25) is 0 Å². The molecular weight excluding hydrogens is 316 g/mol. The van der Waals surface area contributed by atoms with Gasteiger partial charge in [0, 0.05) is 11.6 Å². The van der Waals surface area contributed by atoms with Crippen LogP contribution in [-0.2, 0) is 6.54 Å². The lowest BCUT2D eigenvalue weighted by molar-refractivity contribution is 0.0691. The van der Waals surface area contributed by atoms with E-state index >= 15 is 0 Å². The Bertz CT molecular complexity index is 884. The van der Waals surface area contributed by atoms with Gasteiger partial charge in [0.1, 0.15) is 17.3 Å². The van der Waals surface area contributed by atoms with Crippen molar-refractivity contribution in [1.82, 2.24) is 15.0 Å². The van der Waals surface area contributed by atoms with E-state index < -0.39 is 17.6 Å². The summed E-state index contributed by atoms with van der Waals surface area (Å²) in [7, 11) is 0. The third-order valence-electron chi connectivity index (χ3n) is 3.52. The van der Waals surface area contributed by atoms with E-state index in [1.165, 1.54) is 16.8 Å². The number of halogens is 2. The van der Waals surface area contributed by atoms with Crippen molar-refractivity contribution in [2.45, 2.75) is 13.5 Å². The van der Waals surface area contributed by atoms with Gasteiger partial charge in [-0.25, -0.2) is 18.3 Å². The largest absolute Gasteiger partial charge is 0.476 e. The SMILES string of the molecule is Cc1ccc(-c2c(C(=O)O)nnn2Cc2cc(F)cc(F)c2)cc1. The van der Waals surface area contributed by atoms with Crippen LogP contribution in [-0.4, -0.2) is 26.1 Å². The molecule has 0 atom stereocenters. The molecule has 0 saturated heterocycles. The molecule has 0 radical (unpaired) electrons. The molecule has 0 aliphatic rings. The van der Waals surface area contributed by atoms with Gasteiger partial charge in [0.15, 0.2) is 5.69 Å². The summed E-state index contributed by atoms with van der Waals surface area (Å²) in [6.45, 7) is 1.91. The zero-order chi connectivity index (χ0) is 17.3. The van der Waals surface area contributed by atoms with E-state index in [4.69, 9.17) is 0 Å². The van der Waals surface area contributed by atoms with Gasteiger partial charge in [-0.2, -0.15) is 0 Å². The van der Waals surface area contributed by atoms with Crippen molar-refractivity contribution >= 4 is 5.97 Å². The lowest BCUT2D eigenvalue weighted by Gasteiger charge is -2.08. The van der Waals surface area contributed by atoms with Gasteiger partial charge >= 0.3 is 5.97 Å². The Balaban J connectivity index is 2.08. The Hall–Kier alpha value is -3.09.